The molecule has 0 aliphatic rings. The van der Waals surface area contributed by atoms with Gasteiger partial charge in [-0.2, -0.15) is 4.98 Å². The van der Waals surface area contributed by atoms with Gasteiger partial charge >= 0.3 is 5.69 Å². The number of aliphatic hydroxyl groups is 3. The van der Waals surface area contributed by atoms with Crippen LogP contribution in [0.1, 0.15) is 12.5 Å². The minimum Gasteiger partial charge on any atom is -0.491 e. The second-order valence-electron chi connectivity index (χ2n) is 7.41. The molecule has 32 heavy (non-hydrogen) atoms. The maximum atomic E-state index is 12.6. The fourth-order valence-electron chi connectivity index (χ4n) is 3.47. The number of nitrogens with one attached hydrogen (secondary N) is 1. The number of aliphatic hydroxyl groups excluding tert-OH is 3. The van der Waals surface area contributed by atoms with Gasteiger partial charge in [0, 0.05) is 20.1 Å². The van der Waals surface area contributed by atoms with Crippen LogP contribution in [0, 0.1) is 0 Å². The first-order valence-corrected chi connectivity index (χ1v) is 10.5. The Labute approximate surface area is 184 Å². The quantitative estimate of drug-likeness (QED) is 0.299. The molecule has 0 saturated heterocycles. The molecule has 0 fully saturated rings. The van der Waals surface area contributed by atoms with Crippen LogP contribution in [0.5, 0.6) is 5.75 Å². The van der Waals surface area contributed by atoms with Crippen molar-refractivity contribution in [1.82, 2.24) is 19.1 Å². The molecule has 0 bridgehead atoms. The molecule has 0 radical (unpaired) electrons. The van der Waals surface area contributed by atoms with Crippen molar-refractivity contribution in [1.29, 1.82) is 0 Å². The molecule has 3 rings (SSSR count). The van der Waals surface area contributed by atoms with E-state index in [1.165, 1.54) is 21.7 Å². The predicted octanol–water partition coefficient (Wildman–Crippen LogP) is -0.783. The average molecular weight is 447 g/mol. The number of anilines is 1. The summed E-state index contributed by atoms with van der Waals surface area (Å²) in [5.74, 6) is 0.862. The van der Waals surface area contributed by atoms with Crippen molar-refractivity contribution >= 4 is 17.1 Å². The Balaban J connectivity index is 1.93. The van der Waals surface area contributed by atoms with Gasteiger partial charge in [0.05, 0.1) is 19.8 Å². The van der Waals surface area contributed by atoms with Crippen LogP contribution in [-0.4, -0.2) is 73.4 Å². The lowest BCUT2D eigenvalue weighted by Crippen LogP contribution is -2.34. The Hall–Kier alpha value is -3.15. The zero-order chi connectivity index (χ0) is 23.3. The summed E-state index contributed by atoms with van der Waals surface area (Å²) in [6.07, 6.45) is -0.0898. The van der Waals surface area contributed by atoms with Gasteiger partial charge in [0.25, 0.3) is 5.56 Å². The fourth-order valence-corrected chi connectivity index (χ4v) is 3.47. The Morgan fingerprint density at radius 2 is 1.81 bits per heavy atom. The van der Waals surface area contributed by atoms with Gasteiger partial charge in [-0.25, -0.2) is 4.79 Å². The van der Waals surface area contributed by atoms with Crippen LogP contribution in [0.25, 0.3) is 11.2 Å². The van der Waals surface area contributed by atoms with Crippen molar-refractivity contribution in [2.45, 2.75) is 26.0 Å². The molecular formula is C21H29N5O6. The highest BCUT2D eigenvalue weighted by Gasteiger charge is 2.23. The van der Waals surface area contributed by atoms with E-state index >= 15 is 0 Å². The van der Waals surface area contributed by atoms with Gasteiger partial charge in [-0.05, 0) is 24.1 Å². The van der Waals surface area contributed by atoms with Crippen molar-refractivity contribution in [3.05, 3.63) is 50.7 Å². The standard InChI is InChI=1S/C21H29N5O6/c1-3-14-4-6-16(7-5-14)32-13-15(29)12-26-17-18(24(2)21(31)23-19(17)30)22-20(26)25(8-10-27)9-11-28/h4-7,15,27-29H,3,8-13H2,1-2H3,(H,23,30,31)/t15-/m1/s1. The fraction of sp³-hybridized carbons (Fsp3) is 0.476. The number of benzene rings is 1. The van der Waals surface area contributed by atoms with Gasteiger partial charge in [-0.3, -0.25) is 14.3 Å². The molecular weight excluding hydrogens is 418 g/mol. The summed E-state index contributed by atoms with van der Waals surface area (Å²) < 4.78 is 8.36. The van der Waals surface area contributed by atoms with Gasteiger partial charge in [0.15, 0.2) is 11.2 Å². The van der Waals surface area contributed by atoms with E-state index in [4.69, 9.17) is 4.74 Å². The zero-order valence-corrected chi connectivity index (χ0v) is 18.2. The maximum Gasteiger partial charge on any atom is 0.329 e. The molecule has 174 valence electrons. The number of aromatic nitrogens is 4. The Bertz CT molecular complexity index is 1140. The van der Waals surface area contributed by atoms with Crippen LogP contribution in [0.2, 0.25) is 0 Å². The van der Waals surface area contributed by atoms with Gasteiger partial charge in [0.1, 0.15) is 18.5 Å². The summed E-state index contributed by atoms with van der Waals surface area (Å²) in [5.41, 5.74) is 0.157. The highest BCUT2D eigenvalue weighted by Crippen LogP contribution is 2.20. The van der Waals surface area contributed by atoms with Crippen molar-refractivity contribution < 1.29 is 20.1 Å². The predicted molar refractivity (Wildman–Crippen MR) is 119 cm³/mol. The molecule has 0 aliphatic carbocycles. The number of fused-ring (bicyclic) bond motifs is 1. The van der Waals surface area contributed by atoms with E-state index in [1.807, 2.05) is 24.3 Å². The molecule has 2 heterocycles. The SMILES string of the molecule is CCc1ccc(OC[C@H](O)Cn2c(N(CCO)CCO)nc3c2c(=O)[nH]c(=O)n3C)cc1. The summed E-state index contributed by atoms with van der Waals surface area (Å²) in [6, 6.07) is 7.55. The average Bonchev–Trinajstić information content (AvgIpc) is 3.16. The molecule has 2 aromatic heterocycles. The van der Waals surface area contributed by atoms with E-state index in [1.54, 1.807) is 4.90 Å². The third kappa shape index (κ3) is 5.01. The van der Waals surface area contributed by atoms with Crippen molar-refractivity contribution in [2.24, 2.45) is 7.05 Å². The summed E-state index contributed by atoms with van der Waals surface area (Å²) in [6.45, 7) is 1.84. The second kappa shape index (κ2) is 10.4. The smallest absolute Gasteiger partial charge is 0.329 e. The number of imidazole rings is 1. The van der Waals surface area contributed by atoms with E-state index in [2.05, 4.69) is 16.9 Å². The van der Waals surface area contributed by atoms with Gasteiger partial charge in [-0.15, -0.1) is 0 Å². The number of aromatic amines is 1. The minimum atomic E-state index is -1.00. The van der Waals surface area contributed by atoms with Crippen LogP contribution in [0.15, 0.2) is 33.9 Å². The molecule has 11 nitrogen and oxygen atoms in total. The number of nitrogens with zero attached hydrogens (tertiary/aromatic N) is 4. The van der Waals surface area contributed by atoms with Crippen molar-refractivity contribution in [3.63, 3.8) is 0 Å². The van der Waals surface area contributed by atoms with Gasteiger partial charge in [0.2, 0.25) is 5.95 Å². The molecule has 0 spiro atoms. The van der Waals surface area contributed by atoms with Crippen molar-refractivity contribution in [2.75, 3.05) is 37.8 Å². The third-order valence-corrected chi connectivity index (χ3v) is 5.18. The summed E-state index contributed by atoms with van der Waals surface area (Å²) >= 11 is 0. The van der Waals surface area contributed by atoms with Crippen molar-refractivity contribution in [3.8, 4) is 5.75 Å². The summed E-state index contributed by atoms with van der Waals surface area (Å²) in [7, 11) is 1.48. The number of ether oxygens (including phenoxy) is 1. The molecule has 11 heteroatoms. The van der Waals surface area contributed by atoms with E-state index in [0.717, 1.165) is 6.42 Å². The largest absolute Gasteiger partial charge is 0.491 e. The highest BCUT2D eigenvalue weighted by atomic mass is 16.5. The molecule has 1 atom stereocenters. The van der Waals surface area contributed by atoms with E-state index in [9.17, 15) is 24.9 Å². The Morgan fingerprint density at radius 1 is 1.16 bits per heavy atom. The number of hydrogen-bond acceptors (Lipinski definition) is 8. The molecule has 3 aromatic rings. The molecule has 0 amide bonds. The lowest BCUT2D eigenvalue weighted by atomic mass is 10.2. The Morgan fingerprint density at radius 3 is 2.41 bits per heavy atom. The topological polar surface area (TPSA) is 146 Å². The Kier molecular flexibility index (Phi) is 7.67. The number of hydrogen-bond donors (Lipinski definition) is 4. The van der Waals surface area contributed by atoms with Crippen LogP contribution < -0.4 is 20.9 Å². The normalized spacial score (nSPS) is 12.3. The van der Waals surface area contributed by atoms with Crippen LogP contribution >= 0.6 is 0 Å². The summed E-state index contributed by atoms with van der Waals surface area (Å²) in [5, 5.41) is 29.5. The van der Waals surface area contributed by atoms with Gasteiger partial charge in [-0.1, -0.05) is 19.1 Å². The lowest BCUT2D eigenvalue weighted by Gasteiger charge is -2.24. The van der Waals surface area contributed by atoms with E-state index in [-0.39, 0.29) is 56.6 Å². The second-order valence-corrected chi connectivity index (χ2v) is 7.41. The first kappa shape index (κ1) is 23.5. The highest BCUT2D eigenvalue weighted by molar-refractivity contribution is 5.74. The monoisotopic (exact) mass is 447 g/mol. The third-order valence-electron chi connectivity index (χ3n) is 5.18. The molecule has 0 unspecified atom stereocenters. The molecule has 0 saturated carbocycles. The van der Waals surface area contributed by atoms with E-state index < -0.39 is 17.4 Å². The molecule has 1 aromatic carbocycles. The van der Waals surface area contributed by atoms with E-state index in [0.29, 0.717) is 5.75 Å². The first-order chi connectivity index (χ1) is 15.4. The molecule has 4 N–H and O–H groups in total. The number of H-pyrrole nitrogens is 1. The molecule has 0 aliphatic heterocycles. The lowest BCUT2D eigenvalue weighted by molar-refractivity contribution is 0.0935. The zero-order valence-electron chi connectivity index (χ0n) is 18.2. The van der Waals surface area contributed by atoms with Crippen LogP contribution in [-0.2, 0) is 20.0 Å². The van der Waals surface area contributed by atoms with Crippen LogP contribution in [0.4, 0.5) is 5.95 Å². The minimum absolute atomic E-state index is 0.0335. The maximum absolute atomic E-state index is 12.6. The van der Waals surface area contributed by atoms with Crippen LogP contribution in [0.3, 0.4) is 0 Å². The summed E-state index contributed by atoms with van der Waals surface area (Å²) in [4.78, 5) is 32.8. The van der Waals surface area contributed by atoms with Gasteiger partial charge < -0.3 is 29.5 Å². The number of rotatable bonds is 11. The first-order valence-electron chi connectivity index (χ1n) is 10.5. The number of aryl methyl sites for hydroxylation is 2.